The molecule has 1 aromatic carbocycles. The molecule has 0 aliphatic carbocycles. The molecule has 1 N–H and O–H groups in total. The first-order chi connectivity index (χ1) is 10.1. The van der Waals surface area contributed by atoms with Crippen LogP contribution in [-0.4, -0.2) is 37.5 Å². The maximum Gasteiger partial charge on any atom is 0.243 e. The summed E-state index contributed by atoms with van der Waals surface area (Å²) < 4.78 is 26.9. The molecule has 1 saturated heterocycles. The minimum Gasteiger partial charge on any atom is -0.395 e. The van der Waals surface area contributed by atoms with Crippen LogP contribution in [0.2, 0.25) is 0 Å². The molecule has 21 heavy (non-hydrogen) atoms. The Morgan fingerprint density at radius 3 is 2.52 bits per heavy atom. The van der Waals surface area contributed by atoms with E-state index < -0.39 is 10.0 Å². The Balaban J connectivity index is 2.23. The minimum atomic E-state index is -3.42. The fraction of sp³-hybridized carbons (Fsp3) is 0.500. The van der Waals surface area contributed by atoms with Crippen LogP contribution in [0.5, 0.6) is 0 Å². The summed E-state index contributed by atoms with van der Waals surface area (Å²) in [5, 5.41) is 8.72. The monoisotopic (exact) mass is 307 g/mol. The molecule has 1 aliphatic rings. The van der Waals surface area contributed by atoms with Crippen LogP contribution >= 0.6 is 0 Å². The molecule has 0 spiro atoms. The van der Waals surface area contributed by atoms with Gasteiger partial charge in [0.1, 0.15) is 0 Å². The van der Waals surface area contributed by atoms with Crippen LogP contribution < -0.4 is 0 Å². The average molecular weight is 307 g/mol. The Morgan fingerprint density at radius 2 is 1.86 bits per heavy atom. The van der Waals surface area contributed by atoms with Gasteiger partial charge in [-0.25, -0.2) is 8.42 Å². The van der Waals surface area contributed by atoms with Crippen molar-refractivity contribution in [3.05, 3.63) is 29.8 Å². The maximum absolute atomic E-state index is 12.7. The van der Waals surface area contributed by atoms with E-state index in [1.807, 2.05) is 0 Å². The highest BCUT2D eigenvalue weighted by Gasteiger charge is 2.24. The van der Waals surface area contributed by atoms with Crippen molar-refractivity contribution < 1.29 is 13.5 Å². The van der Waals surface area contributed by atoms with E-state index in [0.29, 0.717) is 30.0 Å². The fourth-order valence-corrected chi connectivity index (χ4v) is 3.95. The number of sulfonamides is 1. The van der Waals surface area contributed by atoms with Gasteiger partial charge in [-0.2, -0.15) is 4.31 Å². The number of aliphatic hydroxyl groups is 1. The van der Waals surface area contributed by atoms with Crippen LogP contribution in [0.25, 0.3) is 0 Å². The third kappa shape index (κ3) is 4.31. The van der Waals surface area contributed by atoms with Crippen molar-refractivity contribution in [2.24, 2.45) is 0 Å². The van der Waals surface area contributed by atoms with Crippen LogP contribution in [0, 0.1) is 11.8 Å². The number of hydrogen-bond acceptors (Lipinski definition) is 3. The zero-order valence-corrected chi connectivity index (χ0v) is 12.9. The molecule has 1 aromatic rings. The number of benzene rings is 1. The van der Waals surface area contributed by atoms with Gasteiger partial charge in [0.05, 0.1) is 11.5 Å². The van der Waals surface area contributed by atoms with Crippen molar-refractivity contribution in [2.75, 3.05) is 19.7 Å². The third-order valence-corrected chi connectivity index (χ3v) is 5.40. The van der Waals surface area contributed by atoms with E-state index in [0.717, 1.165) is 25.7 Å². The van der Waals surface area contributed by atoms with Gasteiger partial charge in [-0.3, -0.25) is 0 Å². The van der Waals surface area contributed by atoms with Gasteiger partial charge in [0, 0.05) is 25.1 Å². The topological polar surface area (TPSA) is 57.6 Å². The van der Waals surface area contributed by atoms with Gasteiger partial charge in [0.2, 0.25) is 10.0 Å². The Morgan fingerprint density at radius 1 is 1.14 bits per heavy atom. The molecule has 114 valence electrons. The molecule has 0 radical (unpaired) electrons. The summed E-state index contributed by atoms with van der Waals surface area (Å²) in [5.41, 5.74) is 0.666. The highest BCUT2D eigenvalue weighted by atomic mass is 32.2. The maximum atomic E-state index is 12.7. The zero-order valence-electron chi connectivity index (χ0n) is 12.1. The van der Waals surface area contributed by atoms with Crippen LogP contribution in [-0.2, 0) is 10.0 Å². The summed E-state index contributed by atoms with van der Waals surface area (Å²) in [5.74, 6) is 5.69. The van der Waals surface area contributed by atoms with E-state index in [2.05, 4.69) is 11.8 Å². The van der Waals surface area contributed by atoms with E-state index in [1.54, 1.807) is 28.6 Å². The molecule has 0 unspecified atom stereocenters. The standard InChI is InChI=1S/C16H21NO3S/c18-13-6-3-8-15-9-7-10-16(14-15)21(19,20)17-11-4-1-2-5-12-17/h7,9-10,14,18H,1-2,4-6,11-13H2. The molecule has 0 saturated carbocycles. The number of rotatable bonds is 3. The molecule has 0 aromatic heterocycles. The highest BCUT2D eigenvalue weighted by Crippen LogP contribution is 2.20. The second-order valence-corrected chi connectivity index (χ2v) is 7.06. The van der Waals surface area contributed by atoms with Crippen molar-refractivity contribution in [3.8, 4) is 11.8 Å². The lowest BCUT2D eigenvalue weighted by Gasteiger charge is -2.19. The van der Waals surface area contributed by atoms with E-state index in [-0.39, 0.29) is 6.61 Å². The number of hydrogen-bond donors (Lipinski definition) is 1. The zero-order chi connectivity index (χ0) is 15.1. The van der Waals surface area contributed by atoms with E-state index >= 15 is 0 Å². The summed E-state index contributed by atoms with van der Waals surface area (Å²) in [4.78, 5) is 0.306. The lowest BCUT2D eigenvalue weighted by molar-refractivity contribution is 0.305. The second-order valence-electron chi connectivity index (χ2n) is 5.12. The number of nitrogens with zero attached hydrogens (tertiary/aromatic N) is 1. The van der Waals surface area contributed by atoms with Crippen LogP contribution in [0.3, 0.4) is 0 Å². The van der Waals surface area contributed by atoms with Crippen molar-refractivity contribution in [1.82, 2.24) is 4.31 Å². The first kappa shape index (κ1) is 16.0. The van der Waals surface area contributed by atoms with Gasteiger partial charge in [-0.15, -0.1) is 0 Å². The fourth-order valence-electron chi connectivity index (χ4n) is 2.39. The first-order valence-corrected chi connectivity index (χ1v) is 8.78. The molecule has 4 nitrogen and oxygen atoms in total. The van der Waals surface area contributed by atoms with Crippen LogP contribution in [0.1, 0.15) is 37.7 Å². The minimum absolute atomic E-state index is 0.0127. The van der Waals surface area contributed by atoms with Crippen LogP contribution in [0.4, 0.5) is 0 Å². The second kappa shape index (κ2) is 7.60. The van der Waals surface area contributed by atoms with Gasteiger partial charge in [0.15, 0.2) is 0 Å². The highest BCUT2D eigenvalue weighted by molar-refractivity contribution is 7.89. The summed E-state index contributed by atoms with van der Waals surface area (Å²) in [6.45, 7) is 1.21. The smallest absolute Gasteiger partial charge is 0.243 e. The largest absolute Gasteiger partial charge is 0.395 e. The lowest BCUT2D eigenvalue weighted by atomic mass is 10.2. The van der Waals surface area contributed by atoms with Crippen molar-refractivity contribution in [2.45, 2.75) is 37.0 Å². The number of aliphatic hydroxyl groups excluding tert-OH is 1. The molecule has 2 rings (SSSR count). The van der Waals surface area contributed by atoms with Gasteiger partial charge >= 0.3 is 0 Å². The molecule has 0 bridgehead atoms. The molecule has 1 fully saturated rings. The Labute approximate surface area is 126 Å². The first-order valence-electron chi connectivity index (χ1n) is 7.34. The molecule has 0 amide bonds. The van der Waals surface area contributed by atoms with Crippen LogP contribution in [0.15, 0.2) is 29.2 Å². The third-order valence-electron chi connectivity index (χ3n) is 3.51. The van der Waals surface area contributed by atoms with Crippen molar-refractivity contribution in [1.29, 1.82) is 0 Å². The summed E-state index contributed by atoms with van der Waals surface area (Å²) in [6, 6.07) is 6.74. The van der Waals surface area contributed by atoms with Gasteiger partial charge in [-0.05, 0) is 31.0 Å². The van der Waals surface area contributed by atoms with Gasteiger partial charge < -0.3 is 5.11 Å². The normalized spacial score (nSPS) is 16.8. The summed E-state index contributed by atoms with van der Waals surface area (Å²) >= 11 is 0. The molecule has 0 atom stereocenters. The Kier molecular flexibility index (Phi) is 5.80. The Bertz CT molecular complexity index is 620. The Hall–Kier alpha value is -1.35. The molecule has 1 heterocycles. The lowest BCUT2D eigenvalue weighted by Crippen LogP contribution is -2.31. The summed E-state index contributed by atoms with van der Waals surface area (Å²) in [7, 11) is -3.42. The average Bonchev–Trinajstić information content (AvgIpc) is 2.77. The van der Waals surface area contributed by atoms with Gasteiger partial charge in [-0.1, -0.05) is 30.7 Å². The van der Waals surface area contributed by atoms with Crippen molar-refractivity contribution >= 4 is 10.0 Å². The molecular weight excluding hydrogens is 286 g/mol. The van der Waals surface area contributed by atoms with Crippen molar-refractivity contribution in [3.63, 3.8) is 0 Å². The van der Waals surface area contributed by atoms with E-state index in [4.69, 9.17) is 5.11 Å². The predicted molar refractivity (Wildman–Crippen MR) is 82.2 cm³/mol. The summed E-state index contributed by atoms with van der Waals surface area (Å²) in [6.07, 6.45) is 4.44. The molecule has 5 heteroatoms. The van der Waals surface area contributed by atoms with Gasteiger partial charge in [0.25, 0.3) is 0 Å². The quantitative estimate of drug-likeness (QED) is 0.869. The predicted octanol–water partition coefficient (Wildman–Crippen LogP) is 1.99. The van der Waals surface area contributed by atoms with E-state index in [1.165, 1.54) is 0 Å². The van der Waals surface area contributed by atoms with E-state index in [9.17, 15) is 8.42 Å². The SMILES string of the molecule is O=S(=O)(c1cccc(C#CCCO)c1)N1CCCCCC1. The molecular formula is C16H21NO3S. The molecule has 1 aliphatic heterocycles.